The van der Waals surface area contributed by atoms with Gasteiger partial charge in [0.25, 0.3) is 0 Å². The van der Waals surface area contributed by atoms with Crippen molar-refractivity contribution in [1.82, 2.24) is 14.9 Å². The van der Waals surface area contributed by atoms with Crippen molar-refractivity contribution >= 4 is 17.9 Å². The molecule has 0 spiro atoms. The predicted molar refractivity (Wildman–Crippen MR) is 87.6 cm³/mol. The second-order valence-electron chi connectivity index (χ2n) is 6.78. The van der Waals surface area contributed by atoms with Crippen molar-refractivity contribution in [2.75, 3.05) is 6.26 Å². The molecule has 1 aromatic rings. The molecule has 1 N–H and O–H groups in total. The number of imidazole rings is 1. The highest BCUT2D eigenvalue weighted by Crippen LogP contribution is 2.25. The fourth-order valence-electron chi connectivity index (χ4n) is 1.86. The van der Waals surface area contributed by atoms with Crippen LogP contribution in [0, 0.1) is 0 Å². The largest absolute Gasteiger partial charge is 0.444 e. The number of hydrogen-bond donors (Lipinski definition) is 1. The molecular weight excluding hydrogens is 286 g/mol. The Kier molecular flexibility index (Phi) is 5.73. The van der Waals surface area contributed by atoms with Gasteiger partial charge in [-0.25, -0.2) is 9.78 Å². The van der Waals surface area contributed by atoms with E-state index in [9.17, 15) is 4.79 Å². The number of nitrogens with one attached hydrogen (secondary N) is 1. The Morgan fingerprint density at radius 2 is 2.05 bits per heavy atom. The van der Waals surface area contributed by atoms with E-state index in [1.165, 1.54) is 0 Å². The van der Waals surface area contributed by atoms with Gasteiger partial charge < -0.3 is 14.6 Å². The molecule has 0 saturated heterocycles. The molecule has 0 aliphatic heterocycles. The number of aromatic nitrogens is 2. The van der Waals surface area contributed by atoms with Gasteiger partial charge in [0.15, 0.2) is 0 Å². The molecule has 6 heteroatoms. The number of hydrogen-bond acceptors (Lipinski definition) is 4. The number of nitrogens with zero attached hydrogens (tertiary/aromatic N) is 2. The van der Waals surface area contributed by atoms with E-state index >= 15 is 0 Å². The van der Waals surface area contributed by atoms with Gasteiger partial charge in [-0.1, -0.05) is 0 Å². The van der Waals surface area contributed by atoms with Crippen molar-refractivity contribution in [2.24, 2.45) is 0 Å². The van der Waals surface area contributed by atoms with E-state index in [0.717, 1.165) is 12.2 Å². The maximum atomic E-state index is 11.8. The number of rotatable bonds is 5. The van der Waals surface area contributed by atoms with E-state index in [1.54, 1.807) is 24.3 Å². The zero-order chi connectivity index (χ0) is 16.3. The summed E-state index contributed by atoms with van der Waals surface area (Å²) in [4.78, 5) is 16.1. The normalized spacial score (nSPS) is 13.9. The Labute approximate surface area is 131 Å². The molecule has 1 aromatic heterocycles. The molecule has 1 atom stereocenters. The fraction of sp³-hybridized carbons (Fsp3) is 0.733. The van der Waals surface area contributed by atoms with Crippen molar-refractivity contribution in [3.05, 3.63) is 18.2 Å². The molecule has 120 valence electrons. The Balaban J connectivity index is 2.74. The number of ether oxygens (including phenoxy) is 1. The van der Waals surface area contributed by atoms with Gasteiger partial charge in [-0.3, -0.25) is 0 Å². The SMILES string of the molecule is CSC(C)(C)Cn1cncc1[C@@H](C)NC(=O)OC(C)(C)C. The van der Waals surface area contributed by atoms with Gasteiger partial charge in [-0.05, 0) is 47.8 Å². The number of thioether (sulfide) groups is 1. The van der Waals surface area contributed by atoms with Crippen LogP contribution in [0.5, 0.6) is 0 Å². The third-order valence-corrected chi connectivity index (χ3v) is 4.26. The van der Waals surface area contributed by atoms with Gasteiger partial charge in [-0.2, -0.15) is 11.8 Å². The molecular formula is C15H27N3O2S. The number of amides is 1. The average molecular weight is 313 g/mol. The number of carbonyl (C=O) groups excluding carboxylic acids is 1. The summed E-state index contributed by atoms with van der Waals surface area (Å²) >= 11 is 1.81. The van der Waals surface area contributed by atoms with Crippen LogP contribution in [0.1, 0.15) is 53.3 Å². The third kappa shape index (κ3) is 5.99. The van der Waals surface area contributed by atoms with Gasteiger partial charge in [-0.15, -0.1) is 0 Å². The van der Waals surface area contributed by atoms with Gasteiger partial charge in [0.1, 0.15) is 5.60 Å². The zero-order valence-corrected chi connectivity index (χ0v) is 14.9. The molecule has 5 nitrogen and oxygen atoms in total. The molecule has 0 aliphatic rings. The minimum absolute atomic E-state index is 0.112. The minimum atomic E-state index is -0.495. The van der Waals surface area contributed by atoms with Crippen LogP contribution in [-0.4, -0.2) is 32.2 Å². The molecule has 0 radical (unpaired) electrons. The van der Waals surface area contributed by atoms with Crippen molar-refractivity contribution < 1.29 is 9.53 Å². The maximum absolute atomic E-state index is 11.8. The number of carbonyl (C=O) groups is 1. The quantitative estimate of drug-likeness (QED) is 0.902. The molecule has 0 fully saturated rings. The van der Waals surface area contributed by atoms with E-state index in [-0.39, 0.29) is 10.8 Å². The highest BCUT2D eigenvalue weighted by molar-refractivity contribution is 7.99. The maximum Gasteiger partial charge on any atom is 0.408 e. The molecule has 0 saturated carbocycles. The lowest BCUT2D eigenvalue weighted by molar-refractivity contribution is 0.0506. The van der Waals surface area contributed by atoms with Gasteiger partial charge in [0.2, 0.25) is 0 Å². The summed E-state index contributed by atoms with van der Waals surface area (Å²) in [5.74, 6) is 0. The van der Waals surface area contributed by atoms with E-state index < -0.39 is 11.7 Å². The summed E-state index contributed by atoms with van der Waals surface area (Å²) in [5, 5.41) is 2.85. The summed E-state index contributed by atoms with van der Waals surface area (Å²) < 4.78 is 7.48. The van der Waals surface area contributed by atoms with E-state index in [1.807, 2.05) is 27.7 Å². The van der Waals surface area contributed by atoms with Crippen molar-refractivity contribution in [3.63, 3.8) is 0 Å². The molecule has 0 bridgehead atoms. The van der Waals surface area contributed by atoms with E-state index in [2.05, 4.69) is 35.0 Å². The summed E-state index contributed by atoms with van der Waals surface area (Å²) in [6.45, 7) is 12.7. The highest BCUT2D eigenvalue weighted by atomic mass is 32.2. The predicted octanol–water partition coefficient (Wildman–Crippen LogP) is 3.61. The first-order chi connectivity index (χ1) is 9.54. The van der Waals surface area contributed by atoms with Crippen LogP contribution in [0.3, 0.4) is 0 Å². The van der Waals surface area contributed by atoms with E-state index in [0.29, 0.717) is 0 Å². The van der Waals surface area contributed by atoms with Crippen molar-refractivity contribution in [1.29, 1.82) is 0 Å². The van der Waals surface area contributed by atoms with Crippen molar-refractivity contribution in [2.45, 2.75) is 64.5 Å². The first kappa shape index (κ1) is 17.9. The Morgan fingerprint density at radius 1 is 1.43 bits per heavy atom. The first-order valence-corrected chi connectivity index (χ1v) is 8.31. The summed E-state index contributed by atoms with van der Waals surface area (Å²) in [7, 11) is 0. The minimum Gasteiger partial charge on any atom is -0.444 e. The Bertz CT molecular complexity index is 478. The van der Waals surface area contributed by atoms with Crippen LogP contribution < -0.4 is 5.32 Å². The molecule has 0 aromatic carbocycles. The average Bonchev–Trinajstić information content (AvgIpc) is 2.73. The Hall–Kier alpha value is -1.17. The summed E-state index contributed by atoms with van der Waals surface area (Å²) in [5.41, 5.74) is 0.480. The van der Waals surface area contributed by atoms with Crippen LogP contribution >= 0.6 is 11.8 Å². The molecule has 1 rings (SSSR count). The lowest BCUT2D eigenvalue weighted by Gasteiger charge is -2.26. The smallest absolute Gasteiger partial charge is 0.408 e. The van der Waals surface area contributed by atoms with Crippen LogP contribution in [0.4, 0.5) is 4.79 Å². The van der Waals surface area contributed by atoms with Gasteiger partial charge >= 0.3 is 6.09 Å². The lowest BCUT2D eigenvalue weighted by atomic mass is 10.2. The summed E-state index contributed by atoms with van der Waals surface area (Å²) in [6, 6.07) is -0.153. The molecule has 0 aliphatic carbocycles. The van der Waals surface area contributed by atoms with Crippen LogP contribution in [-0.2, 0) is 11.3 Å². The third-order valence-electron chi connectivity index (χ3n) is 3.03. The van der Waals surface area contributed by atoms with E-state index in [4.69, 9.17) is 4.74 Å². The monoisotopic (exact) mass is 313 g/mol. The van der Waals surface area contributed by atoms with Gasteiger partial charge in [0, 0.05) is 11.3 Å². The molecule has 1 amide bonds. The topological polar surface area (TPSA) is 56.2 Å². The first-order valence-electron chi connectivity index (χ1n) is 7.09. The van der Waals surface area contributed by atoms with Crippen LogP contribution in [0.25, 0.3) is 0 Å². The second-order valence-corrected chi connectivity index (χ2v) is 8.29. The number of alkyl carbamates (subject to hydrolysis) is 1. The highest BCUT2D eigenvalue weighted by Gasteiger charge is 2.22. The second kappa shape index (κ2) is 6.73. The molecule has 1 heterocycles. The summed E-state index contributed by atoms with van der Waals surface area (Å²) in [6.07, 6.45) is 5.28. The lowest BCUT2D eigenvalue weighted by Crippen LogP contribution is -2.35. The zero-order valence-electron chi connectivity index (χ0n) is 14.1. The fourth-order valence-corrected chi connectivity index (χ4v) is 2.12. The Morgan fingerprint density at radius 3 is 2.57 bits per heavy atom. The standard InChI is InChI=1S/C15H27N3O2S/c1-11(17-13(19)20-14(2,3)4)12-8-16-10-18(12)9-15(5,6)21-7/h8,10-11H,9H2,1-7H3,(H,17,19)/t11-/m1/s1. The van der Waals surface area contributed by atoms with Gasteiger partial charge in [0.05, 0.1) is 24.3 Å². The molecule has 21 heavy (non-hydrogen) atoms. The van der Waals surface area contributed by atoms with Crippen molar-refractivity contribution in [3.8, 4) is 0 Å². The molecule has 0 unspecified atom stereocenters. The van der Waals surface area contributed by atoms with Crippen LogP contribution in [0.2, 0.25) is 0 Å². The van der Waals surface area contributed by atoms with Crippen LogP contribution in [0.15, 0.2) is 12.5 Å².